The van der Waals surface area contributed by atoms with E-state index in [2.05, 4.69) is 24.4 Å². The van der Waals surface area contributed by atoms with Crippen molar-refractivity contribution in [3.63, 3.8) is 0 Å². The number of carbonyl (C=O) groups excluding carboxylic acids is 1. The fourth-order valence-electron chi connectivity index (χ4n) is 2.96. The zero-order valence-electron chi connectivity index (χ0n) is 13.3. The lowest BCUT2D eigenvalue weighted by atomic mass is 10.1. The standard InChI is InChI=1S/C19H21NO2/c1-4-7-12(2)20-19(21)17-13(3)15-11-10-14-8-5-6-9-16(14)18(15)22-17/h5-6,8-12H,4,7H2,1-3H3,(H,20,21)/t12-/m1/s1. The summed E-state index contributed by atoms with van der Waals surface area (Å²) < 4.78 is 5.94. The Morgan fingerprint density at radius 3 is 2.73 bits per heavy atom. The fraction of sp³-hybridized carbons (Fsp3) is 0.316. The smallest absolute Gasteiger partial charge is 0.287 e. The van der Waals surface area contributed by atoms with Crippen LogP contribution in [-0.2, 0) is 0 Å². The van der Waals surface area contributed by atoms with Gasteiger partial charge in [-0.15, -0.1) is 0 Å². The molecule has 3 nitrogen and oxygen atoms in total. The molecule has 0 radical (unpaired) electrons. The first-order valence-electron chi connectivity index (χ1n) is 7.83. The van der Waals surface area contributed by atoms with Gasteiger partial charge in [0.2, 0.25) is 0 Å². The molecule has 1 aromatic heterocycles. The minimum absolute atomic E-state index is 0.126. The van der Waals surface area contributed by atoms with E-state index in [4.69, 9.17) is 4.42 Å². The number of nitrogens with one attached hydrogen (secondary N) is 1. The van der Waals surface area contributed by atoms with Gasteiger partial charge in [-0.2, -0.15) is 0 Å². The highest BCUT2D eigenvalue weighted by Gasteiger charge is 2.20. The van der Waals surface area contributed by atoms with E-state index in [0.29, 0.717) is 5.76 Å². The Hall–Kier alpha value is -2.29. The average Bonchev–Trinajstić information content (AvgIpc) is 2.85. The van der Waals surface area contributed by atoms with Crippen molar-refractivity contribution in [2.24, 2.45) is 0 Å². The number of furan rings is 1. The van der Waals surface area contributed by atoms with Crippen molar-refractivity contribution in [2.75, 3.05) is 0 Å². The summed E-state index contributed by atoms with van der Waals surface area (Å²) in [4.78, 5) is 12.5. The quantitative estimate of drug-likeness (QED) is 0.750. The van der Waals surface area contributed by atoms with Gasteiger partial charge in [-0.1, -0.05) is 49.7 Å². The molecule has 0 spiro atoms. The van der Waals surface area contributed by atoms with Crippen molar-refractivity contribution in [1.29, 1.82) is 0 Å². The molecule has 114 valence electrons. The first-order chi connectivity index (χ1) is 10.6. The number of amides is 1. The second kappa shape index (κ2) is 5.84. The van der Waals surface area contributed by atoms with Crippen LogP contribution in [0, 0.1) is 6.92 Å². The number of hydrogen-bond donors (Lipinski definition) is 1. The molecule has 0 aliphatic carbocycles. The lowest BCUT2D eigenvalue weighted by molar-refractivity contribution is 0.0911. The van der Waals surface area contributed by atoms with Crippen LogP contribution >= 0.6 is 0 Å². The average molecular weight is 295 g/mol. The predicted octanol–water partition coefficient (Wildman–Crippen LogP) is 4.81. The molecule has 22 heavy (non-hydrogen) atoms. The summed E-state index contributed by atoms with van der Waals surface area (Å²) in [6.07, 6.45) is 2.01. The summed E-state index contributed by atoms with van der Waals surface area (Å²) >= 11 is 0. The van der Waals surface area contributed by atoms with Crippen molar-refractivity contribution in [3.05, 3.63) is 47.7 Å². The molecule has 1 heterocycles. The Labute approximate surface area is 130 Å². The van der Waals surface area contributed by atoms with Crippen LogP contribution in [0.3, 0.4) is 0 Å². The molecule has 1 atom stereocenters. The Kier molecular flexibility index (Phi) is 3.88. The number of benzene rings is 2. The molecule has 0 saturated carbocycles. The first-order valence-corrected chi connectivity index (χ1v) is 7.83. The van der Waals surface area contributed by atoms with Crippen LogP contribution in [0.4, 0.5) is 0 Å². The highest BCUT2D eigenvalue weighted by Crippen LogP contribution is 2.31. The minimum atomic E-state index is -0.126. The first kappa shape index (κ1) is 14.6. The number of rotatable bonds is 4. The molecule has 3 aromatic rings. The third-order valence-corrected chi connectivity index (χ3v) is 4.13. The molecule has 3 heteroatoms. The Morgan fingerprint density at radius 2 is 1.95 bits per heavy atom. The molecule has 0 fully saturated rings. The molecule has 0 aliphatic heterocycles. The highest BCUT2D eigenvalue weighted by molar-refractivity contribution is 6.08. The van der Waals surface area contributed by atoms with Crippen LogP contribution in [0.5, 0.6) is 0 Å². The Balaban J connectivity index is 2.06. The Bertz CT molecular complexity index is 832. The third kappa shape index (κ3) is 2.47. The lowest BCUT2D eigenvalue weighted by Crippen LogP contribution is -2.32. The van der Waals surface area contributed by atoms with Crippen LogP contribution in [0.1, 0.15) is 42.8 Å². The van der Waals surface area contributed by atoms with Crippen molar-refractivity contribution in [1.82, 2.24) is 5.32 Å². The third-order valence-electron chi connectivity index (χ3n) is 4.13. The zero-order valence-corrected chi connectivity index (χ0v) is 13.3. The number of hydrogen-bond acceptors (Lipinski definition) is 2. The van der Waals surface area contributed by atoms with Gasteiger partial charge < -0.3 is 9.73 Å². The van der Waals surface area contributed by atoms with Gasteiger partial charge in [0, 0.05) is 22.4 Å². The van der Waals surface area contributed by atoms with Crippen molar-refractivity contribution < 1.29 is 9.21 Å². The van der Waals surface area contributed by atoms with Gasteiger partial charge in [-0.05, 0) is 25.7 Å². The summed E-state index contributed by atoms with van der Waals surface area (Å²) in [5.41, 5.74) is 1.70. The van der Waals surface area contributed by atoms with Crippen LogP contribution in [-0.4, -0.2) is 11.9 Å². The molecule has 0 bridgehead atoms. The zero-order chi connectivity index (χ0) is 15.7. The van der Waals surface area contributed by atoms with E-state index >= 15 is 0 Å². The van der Waals surface area contributed by atoms with Gasteiger partial charge >= 0.3 is 0 Å². The second-order valence-corrected chi connectivity index (χ2v) is 5.88. The normalized spacial score (nSPS) is 12.7. The van der Waals surface area contributed by atoms with E-state index in [1.54, 1.807) is 0 Å². The summed E-state index contributed by atoms with van der Waals surface area (Å²) in [5, 5.41) is 6.19. The molecule has 2 aromatic carbocycles. The molecule has 0 saturated heterocycles. The largest absolute Gasteiger partial charge is 0.450 e. The number of fused-ring (bicyclic) bond motifs is 3. The molecule has 0 unspecified atom stereocenters. The lowest BCUT2D eigenvalue weighted by Gasteiger charge is -2.11. The molecule has 1 amide bonds. The number of carbonyl (C=O) groups is 1. The van der Waals surface area contributed by atoms with E-state index in [9.17, 15) is 4.79 Å². The molecule has 1 N–H and O–H groups in total. The van der Waals surface area contributed by atoms with E-state index < -0.39 is 0 Å². The van der Waals surface area contributed by atoms with Crippen molar-refractivity contribution in [3.8, 4) is 0 Å². The maximum absolute atomic E-state index is 12.5. The van der Waals surface area contributed by atoms with Gasteiger partial charge in [0.15, 0.2) is 5.76 Å². The summed E-state index contributed by atoms with van der Waals surface area (Å²) in [7, 11) is 0. The SMILES string of the molecule is CCC[C@@H](C)NC(=O)c1oc2c(ccc3ccccc32)c1C. The molecular weight excluding hydrogens is 274 g/mol. The summed E-state index contributed by atoms with van der Waals surface area (Å²) in [6.45, 7) is 6.08. The van der Waals surface area contributed by atoms with E-state index in [1.165, 1.54) is 0 Å². The van der Waals surface area contributed by atoms with Crippen molar-refractivity contribution >= 4 is 27.6 Å². The van der Waals surface area contributed by atoms with E-state index in [1.807, 2.05) is 38.1 Å². The second-order valence-electron chi connectivity index (χ2n) is 5.88. The number of aryl methyl sites for hydroxylation is 1. The van der Waals surface area contributed by atoms with E-state index in [-0.39, 0.29) is 11.9 Å². The fourth-order valence-corrected chi connectivity index (χ4v) is 2.96. The van der Waals surface area contributed by atoms with Gasteiger partial charge in [0.1, 0.15) is 5.58 Å². The predicted molar refractivity (Wildman–Crippen MR) is 90.3 cm³/mol. The van der Waals surface area contributed by atoms with Crippen LogP contribution < -0.4 is 5.32 Å². The van der Waals surface area contributed by atoms with E-state index in [0.717, 1.165) is 40.1 Å². The monoisotopic (exact) mass is 295 g/mol. The Morgan fingerprint density at radius 1 is 1.18 bits per heavy atom. The molecule has 3 rings (SSSR count). The van der Waals surface area contributed by atoms with Gasteiger partial charge in [-0.25, -0.2) is 0 Å². The maximum Gasteiger partial charge on any atom is 0.287 e. The maximum atomic E-state index is 12.5. The molecular formula is C19H21NO2. The highest BCUT2D eigenvalue weighted by atomic mass is 16.3. The van der Waals surface area contributed by atoms with Crippen molar-refractivity contribution in [2.45, 2.75) is 39.7 Å². The molecule has 0 aliphatic rings. The summed E-state index contributed by atoms with van der Waals surface area (Å²) in [6, 6.07) is 12.3. The van der Waals surface area contributed by atoms with Gasteiger partial charge in [0.25, 0.3) is 5.91 Å². The van der Waals surface area contributed by atoms with Gasteiger partial charge in [0.05, 0.1) is 0 Å². The topological polar surface area (TPSA) is 42.2 Å². The summed E-state index contributed by atoms with van der Waals surface area (Å²) in [5.74, 6) is 0.299. The van der Waals surface area contributed by atoms with Crippen LogP contribution in [0.15, 0.2) is 40.8 Å². The van der Waals surface area contributed by atoms with Crippen LogP contribution in [0.2, 0.25) is 0 Å². The van der Waals surface area contributed by atoms with Crippen LogP contribution in [0.25, 0.3) is 21.7 Å². The minimum Gasteiger partial charge on any atom is -0.450 e. The van der Waals surface area contributed by atoms with Gasteiger partial charge in [-0.3, -0.25) is 4.79 Å².